The van der Waals surface area contributed by atoms with Crippen LogP contribution >= 0.6 is 0 Å². The van der Waals surface area contributed by atoms with Gasteiger partial charge in [0.05, 0.1) is 5.75 Å². The number of sulfonamides is 1. The van der Waals surface area contributed by atoms with Crippen molar-refractivity contribution >= 4 is 10.0 Å². The number of nitrogens with zero attached hydrogens (tertiary/aromatic N) is 1. The van der Waals surface area contributed by atoms with Crippen LogP contribution in [0.1, 0.15) is 66.7 Å². The van der Waals surface area contributed by atoms with Crippen LogP contribution in [0, 0.1) is 11.3 Å². The molecule has 0 aromatic rings. The number of likely N-dealkylation sites (N-methyl/N-ethyl adjacent to an activating group) is 1. The van der Waals surface area contributed by atoms with E-state index >= 15 is 0 Å². The molecule has 0 aromatic heterocycles. The van der Waals surface area contributed by atoms with E-state index in [1.54, 1.807) is 4.31 Å². The summed E-state index contributed by atoms with van der Waals surface area (Å²) in [5, 5.41) is 0. The number of hydrogen-bond donors (Lipinski definition) is 1. The van der Waals surface area contributed by atoms with Crippen LogP contribution in [-0.2, 0) is 10.0 Å². The summed E-state index contributed by atoms with van der Waals surface area (Å²) in [5.74, 6) is 0.905. The molecule has 0 spiro atoms. The zero-order chi connectivity index (χ0) is 16.3. The Hall–Kier alpha value is -0.130. The second kappa shape index (κ2) is 6.97. The molecule has 0 aromatic carbocycles. The first kappa shape index (κ1) is 18.9. The Bertz CT molecular complexity index is 418. The van der Waals surface area contributed by atoms with Gasteiger partial charge in [0.25, 0.3) is 0 Å². The SMILES string of the molecule is CCN(C1(CN)CCC(C)CC1)S(=O)(=O)CCC(C)(C)C. The summed E-state index contributed by atoms with van der Waals surface area (Å²) in [6, 6.07) is 0. The van der Waals surface area contributed by atoms with Crippen LogP contribution in [0.4, 0.5) is 0 Å². The van der Waals surface area contributed by atoms with Gasteiger partial charge in [-0.05, 0) is 43.4 Å². The standard InChI is InChI=1S/C16H34N2O2S/c1-6-18(21(19,20)12-11-15(3,4)5)16(13-17)9-7-14(2)8-10-16/h14H,6-13,17H2,1-5H3. The van der Waals surface area contributed by atoms with Crippen molar-refractivity contribution in [1.29, 1.82) is 0 Å². The third-order valence-electron chi connectivity index (χ3n) is 4.85. The van der Waals surface area contributed by atoms with Gasteiger partial charge in [-0.25, -0.2) is 8.42 Å². The van der Waals surface area contributed by atoms with Gasteiger partial charge in [0.15, 0.2) is 0 Å². The van der Waals surface area contributed by atoms with E-state index < -0.39 is 10.0 Å². The highest BCUT2D eigenvalue weighted by Gasteiger charge is 2.43. The molecule has 0 unspecified atom stereocenters. The van der Waals surface area contributed by atoms with Gasteiger partial charge in [0.1, 0.15) is 0 Å². The number of hydrogen-bond acceptors (Lipinski definition) is 3. The molecule has 2 N–H and O–H groups in total. The minimum absolute atomic E-state index is 0.0312. The van der Waals surface area contributed by atoms with Crippen LogP contribution in [0.25, 0.3) is 0 Å². The Labute approximate surface area is 131 Å². The maximum absolute atomic E-state index is 12.8. The van der Waals surface area contributed by atoms with Gasteiger partial charge in [0.2, 0.25) is 10.0 Å². The molecule has 0 saturated heterocycles. The van der Waals surface area contributed by atoms with Gasteiger partial charge < -0.3 is 5.73 Å². The molecule has 4 nitrogen and oxygen atoms in total. The minimum atomic E-state index is -3.24. The van der Waals surface area contributed by atoms with Crippen molar-refractivity contribution in [3.8, 4) is 0 Å². The smallest absolute Gasteiger partial charge is 0.214 e. The van der Waals surface area contributed by atoms with Gasteiger partial charge in [-0.2, -0.15) is 4.31 Å². The number of nitrogens with two attached hydrogens (primary N) is 1. The molecular formula is C16H34N2O2S. The molecule has 1 aliphatic carbocycles. The summed E-state index contributed by atoms with van der Waals surface area (Å²) in [7, 11) is -3.24. The van der Waals surface area contributed by atoms with Crippen molar-refractivity contribution in [1.82, 2.24) is 4.31 Å². The highest BCUT2D eigenvalue weighted by atomic mass is 32.2. The first-order chi connectivity index (χ1) is 9.56. The van der Waals surface area contributed by atoms with Crippen LogP contribution in [0.2, 0.25) is 0 Å². The van der Waals surface area contributed by atoms with Crippen LogP contribution < -0.4 is 5.73 Å². The van der Waals surface area contributed by atoms with Gasteiger partial charge >= 0.3 is 0 Å². The molecule has 21 heavy (non-hydrogen) atoms. The third-order valence-corrected chi connectivity index (χ3v) is 6.88. The molecule has 0 heterocycles. The van der Waals surface area contributed by atoms with Crippen molar-refractivity contribution in [2.45, 2.75) is 72.3 Å². The van der Waals surface area contributed by atoms with Crippen molar-refractivity contribution in [2.24, 2.45) is 17.1 Å². The lowest BCUT2D eigenvalue weighted by Crippen LogP contribution is -2.58. The van der Waals surface area contributed by atoms with E-state index in [9.17, 15) is 8.42 Å². The van der Waals surface area contributed by atoms with E-state index in [1.165, 1.54) is 0 Å². The Morgan fingerprint density at radius 1 is 1.24 bits per heavy atom. The zero-order valence-corrected chi connectivity index (χ0v) is 15.3. The topological polar surface area (TPSA) is 63.4 Å². The maximum Gasteiger partial charge on any atom is 0.214 e. The third kappa shape index (κ3) is 4.93. The molecule has 5 heteroatoms. The molecule has 0 atom stereocenters. The fourth-order valence-corrected chi connectivity index (χ4v) is 5.56. The van der Waals surface area contributed by atoms with Gasteiger partial charge in [-0.15, -0.1) is 0 Å². The zero-order valence-electron chi connectivity index (χ0n) is 14.5. The van der Waals surface area contributed by atoms with Crippen molar-refractivity contribution < 1.29 is 8.42 Å². The lowest BCUT2D eigenvalue weighted by molar-refractivity contribution is 0.119. The van der Waals surface area contributed by atoms with E-state index in [1.807, 2.05) is 6.92 Å². The molecule has 1 saturated carbocycles. The predicted octanol–water partition coefficient (Wildman–Crippen LogP) is 2.98. The van der Waals surface area contributed by atoms with E-state index in [0.29, 0.717) is 25.4 Å². The summed E-state index contributed by atoms with van der Waals surface area (Å²) in [5.41, 5.74) is 5.71. The van der Waals surface area contributed by atoms with Crippen molar-refractivity contribution in [3.05, 3.63) is 0 Å². The summed E-state index contributed by atoms with van der Waals surface area (Å²) >= 11 is 0. The van der Waals surface area contributed by atoms with Crippen LogP contribution in [-0.4, -0.2) is 37.1 Å². The first-order valence-corrected chi connectivity index (χ1v) is 9.88. The first-order valence-electron chi connectivity index (χ1n) is 8.27. The summed E-state index contributed by atoms with van der Waals surface area (Å²) in [6.07, 6.45) is 4.62. The highest BCUT2D eigenvalue weighted by Crippen LogP contribution is 2.37. The average Bonchev–Trinajstić information content (AvgIpc) is 2.39. The molecular weight excluding hydrogens is 284 g/mol. The van der Waals surface area contributed by atoms with Crippen molar-refractivity contribution in [2.75, 3.05) is 18.8 Å². The second-order valence-corrected chi connectivity index (χ2v) is 9.92. The molecule has 1 rings (SSSR count). The van der Waals surface area contributed by atoms with Crippen molar-refractivity contribution in [3.63, 3.8) is 0 Å². The minimum Gasteiger partial charge on any atom is -0.329 e. The Balaban J connectivity index is 2.93. The van der Waals surface area contributed by atoms with E-state index in [4.69, 9.17) is 5.73 Å². The molecule has 0 amide bonds. The summed E-state index contributed by atoms with van der Waals surface area (Å²) in [4.78, 5) is 0. The fraction of sp³-hybridized carbons (Fsp3) is 1.00. The molecule has 0 radical (unpaired) electrons. The van der Waals surface area contributed by atoms with Crippen LogP contribution in [0.3, 0.4) is 0 Å². The Morgan fingerprint density at radius 3 is 2.14 bits per heavy atom. The summed E-state index contributed by atoms with van der Waals surface area (Å²) < 4.78 is 27.4. The monoisotopic (exact) mass is 318 g/mol. The van der Waals surface area contributed by atoms with Crippen LogP contribution in [0.15, 0.2) is 0 Å². The van der Waals surface area contributed by atoms with E-state index in [2.05, 4.69) is 27.7 Å². The molecule has 126 valence electrons. The van der Waals surface area contributed by atoms with Gasteiger partial charge in [-0.1, -0.05) is 34.6 Å². The Kier molecular flexibility index (Phi) is 6.28. The molecule has 1 fully saturated rings. The quantitative estimate of drug-likeness (QED) is 0.819. The Morgan fingerprint density at radius 2 is 1.76 bits per heavy atom. The number of rotatable bonds is 6. The average molecular weight is 319 g/mol. The maximum atomic E-state index is 12.8. The lowest BCUT2D eigenvalue weighted by Gasteiger charge is -2.46. The highest BCUT2D eigenvalue weighted by molar-refractivity contribution is 7.89. The fourth-order valence-electron chi connectivity index (χ4n) is 3.23. The second-order valence-electron chi connectivity index (χ2n) is 7.90. The predicted molar refractivity (Wildman–Crippen MR) is 89.7 cm³/mol. The normalized spacial score (nSPS) is 28.0. The van der Waals surface area contributed by atoms with E-state index in [0.717, 1.165) is 25.7 Å². The van der Waals surface area contributed by atoms with Gasteiger partial charge in [-0.3, -0.25) is 0 Å². The summed E-state index contributed by atoms with van der Waals surface area (Å²) in [6.45, 7) is 11.4. The van der Waals surface area contributed by atoms with E-state index in [-0.39, 0.29) is 16.7 Å². The van der Waals surface area contributed by atoms with Gasteiger partial charge in [0, 0.05) is 18.6 Å². The van der Waals surface area contributed by atoms with Crippen LogP contribution in [0.5, 0.6) is 0 Å². The molecule has 0 bridgehead atoms. The largest absolute Gasteiger partial charge is 0.329 e. The molecule has 0 aliphatic heterocycles. The lowest BCUT2D eigenvalue weighted by atomic mass is 9.77. The molecule has 1 aliphatic rings.